The van der Waals surface area contributed by atoms with Crippen LogP contribution in [0.3, 0.4) is 0 Å². The average Bonchev–Trinajstić information content (AvgIpc) is 2.95. The number of benzene rings is 1. The fourth-order valence-electron chi connectivity index (χ4n) is 3.92. The van der Waals surface area contributed by atoms with Crippen LogP contribution in [0.2, 0.25) is 0 Å². The average molecular weight is 371 g/mol. The number of amides is 2. The standard InChI is InChI=1S/C20H19F2N3O2/c21-15-8-17(22)18(23-9-15)20(27)24-11-14-6-7-16(12-24)25(19(14)26)10-13-4-2-1-3-5-13/h1-5,8-9,14,16H,6-7,10-12H2. The molecule has 2 amide bonds. The highest BCUT2D eigenvalue weighted by molar-refractivity contribution is 5.93. The molecule has 1 aromatic heterocycles. The largest absolute Gasteiger partial charge is 0.334 e. The first-order valence-electron chi connectivity index (χ1n) is 8.97. The molecule has 3 aliphatic heterocycles. The SMILES string of the molecule is O=C(c1ncc(F)cc1F)N1CC2CCC(C1)N(Cc1ccccc1)C2=O. The Balaban J connectivity index is 1.57. The highest BCUT2D eigenvalue weighted by Crippen LogP contribution is 2.31. The lowest BCUT2D eigenvalue weighted by Crippen LogP contribution is -2.47. The van der Waals surface area contributed by atoms with Gasteiger partial charge in [-0.05, 0) is 18.4 Å². The van der Waals surface area contributed by atoms with Gasteiger partial charge in [-0.15, -0.1) is 0 Å². The molecule has 2 unspecified atom stereocenters. The zero-order chi connectivity index (χ0) is 19.0. The molecule has 3 saturated heterocycles. The number of pyridine rings is 1. The molecule has 0 saturated carbocycles. The molecule has 0 radical (unpaired) electrons. The Hall–Kier alpha value is -2.83. The van der Waals surface area contributed by atoms with Crippen LogP contribution in [-0.2, 0) is 11.3 Å². The van der Waals surface area contributed by atoms with Crippen molar-refractivity contribution in [3.63, 3.8) is 0 Å². The molecule has 7 heteroatoms. The van der Waals surface area contributed by atoms with Crippen LogP contribution >= 0.6 is 0 Å². The molecule has 3 fully saturated rings. The van der Waals surface area contributed by atoms with Crippen molar-refractivity contribution in [2.45, 2.75) is 25.4 Å². The minimum Gasteiger partial charge on any atom is -0.334 e. The van der Waals surface area contributed by atoms with Gasteiger partial charge in [0, 0.05) is 31.7 Å². The second-order valence-electron chi connectivity index (χ2n) is 7.07. The minimum atomic E-state index is -0.982. The number of hydrogen-bond acceptors (Lipinski definition) is 3. The van der Waals surface area contributed by atoms with Gasteiger partial charge in [0.1, 0.15) is 5.82 Å². The van der Waals surface area contributed by atoms with Gasteiger partial charge in [0.25, 0.3) is 5.91 Å². The number of piperidine rings is 1. The summed E-state index contributed by atoms with van der Waals surface area (Å²) in [4.78, 5) is 32.5. The summed E-state index contributed by atoms with van der Waals surface area (Å²) in [7, 11) is 0. The summed E-state index contributed by atoms with van der Waals surface area (Å²) >= 11 is 0. The number of aromatic nitrogens is 1. The van der Waals surface area contributed by atoms with Gasteiger partial charge in [-0.25, -0.2) is 13.8 Å². The van der Waals surface area contributed by atoms with E-state index in [4.69, 9.17) is 0 Å². The number of fused-ring (bicyclic) bond motifs is 4. The van der Waals surface area contributed by atoms with Crippen molar-refractivity contribution >= 4 is 11.8 Å². The summed E-state index contributed by atoms with van der Waals surface area (Å²) in [5.74, 6) is -2.69. The van der Waals surface area contributed by atoms with Crippen LogP contribution in [0, 0.1) is 17.6 Å². The van der Waals surface area contributed by atoms with E-state index in [1.807, 2.05) is 35.2 Å². The number of halogens is 2. The van der Waals surface area contributed by atoms with Gasteiger partial charge < -0.3 is 9.80 Å². The number of nitrogens with zero attached hydrogens (tertiary/aromatic N) is 3. The van der Waals surface area contributed by atoms with Crippen molar-refractivity contribution in [2.75, 3.05) is 13.1 Å². The molecule has 1 aromatic carbocycles. The van der Waals surface area contributed by atoms with E-state index in [2.05, 4.69) is 4.98 Å². The van der Waals surface area contributed by atoms with E-state index >= 15 is 0 Å². The minimum absolute atomic E-state index is 0.0259. The van der Waals surface area contributed by atoms with Crippen molar-refractivity contribution in [2.24, 2.45) is 5.92 Å². The van der Waals surface area contributed by atoms with E-state index in [1.165, 1.54) is 4.90 Å². The predicted octanol–water partition coefficient (Wildman–Crippen LogP) is 2.62. The molecule has 3 aliphatic rings. The molecule has 5 rings (SSSR count). The van der Waals surface area contributed by atoms with E-state index in [1.54, 1.807) is 0 Å². The van der Waals surface area contributed by atoms with Crippen LogP contribution in [0.4, 0.5) is 8.78 Å². The lowest BCUT2D eigenvalue weighted by atomic mass is 9.93. The predicted molar refractivity (Wildman–Crippen MR) is 93.6 cm³/mol. The summed E-state index contributed by atoms with van der Waals surface area (Å²) in [5.41, 5.74) is 0.627. The molecule has 0 spiro atoms. The van der Waals surface area contributed by atoms with Gasteiger partial charge in [-0.3, -0.25) is 9.59 Å². The van der Waals surface area contributed by atoms with Gasteiger partial charge in [0.2, 0.25) is 5.91 Å². The lowest BCUT2D eigenvalue weighted by Gasteiger charge is -2.36. The number of carbonyl (C=O) groups excluding carboxylic acids is 2. The van der Waals surface area contributed by atoms with Crippen LogP contribution in [0.1, 0.15) is 28.9 Å². The van der Waals surface area contributed by atoms with Gasteiger partial charge in [0.15, 0.2) is 11.5 Å². The molecular formula is C20H19F2N3O2. The highest BCUT2D eigenvalue weighted by Gasteiger charge is 2.42. The summed E-state index contributed by atoms with van der Waals surface area (Å²) in [5, 5.41) is 0. The van der Waals surface area contributed by atoms with Crippen LogP contribution in [0.25, 0.3) is 0 Å². The maximum Gasteiger partial charge on any atom is 0.275 e. The third-order valence-electron chi connectivity index (χ3n) is 5.29. The van der Waals surface area contributed by atoms with E-state index in [9.17, 15) is 18.4 Å². The van der Waals surface area contributed by atoms with Crippen LogP contribution < -0.4 is 0 Å². The van der Waals surface area contributed by atoms with Crippen molar-refractivity contribution in [3.05, 3.63) is 65.5 Å². The van der Waals surface area contributed by atoms with Crippen molar-refractivity contribution < 1.29 is 18.4 Å². The van der Waals surface area contributed by atoms with Crippen LogP contribution in [-0.4, -0.2) is 45.7 Å². The molecular weight excluding hydrogens is 352 g/mol. The first kappa shape index (κ1) is 17.6. The normalized spacial score (nSPS) is 22.1. The molecule has 2 atom stereocenters. The fraction of sp³-hybridized carbons (Fsp3) is 0.350. The quantitative estimate of drug-likeness (QED) is 0.834. The monoisotopic (exact) mass is 371 g/mol. The van der Waals surface area contributed by atoms with Crippen LogP contribution in [0.5, 0.6) is 0 Å². The first-order valence-corrected chi connectivity index (χ1v) is 8.97. The van der Waals surface area contributed by atoms with E-state index in [0.717, 1.165) is 18.2 Å². The summed E-state index contributed by atoms with van der Waals surface area (Å²) < 4.78 is 27.1. The maximum atomic E-state index is 14.0. The van der Waals surface area contributed by atoms with E-state index in [0.29, 0.717) is 25.6 Å². The third-order valence-corrected chi connectivity index (χ3v) is 5.29. The van der Waals surface area contributed by atoms with Gasteiger partial charge in [-0.1, -0.05) is 30.3 Å². The van der Waals surface area contributed by atoms with E-state index in [-0.39, 0.29) is 24.4 Å². The third kappa shape index (κ3) is 3.41. The molecule has 4 heterocycles. The van der Waals surface area contributed by atoms with Gasteiger partial charge in [0.05, 0.1) is 12.1 Å². The zero-order valence-electron chi connectivity index (χ0n) is 14.6. The fourth-order valence-corrected chi connectivity index (χ4v) is 3.92. The molecule has 2 bridgehead atoms. The Labute approximate surface area is 155 Å². The maximum absolute atomic E-state index is 14.0. The van der Waals surface area contributed by atoms with Crippen molar-refractivity contribution in [1.29, 1.82) is 0 Å². The Morgan fingerprint density at radius 1 is 1.15 bits per heavy atom. The second kappa shape index (κ2) is 7.06. The van der Waals surface area contributed by atoms with Crippen molar-refractivity contribution in [1.82, 2.24) is 14.8 Å². The van der Waals surface area contributed by atoms with Gasteiger partial charge >= 0.3 is 0 Å². The molecule has 140 valence electrons. The Morgan fingerprint density at radius 2 is 1.93 bits per heavy atom. The van der Waals surface area contributed by atoms with Gasteiger partial charge in [-0.2, -0.15) is 0 Å². The topological polar surface area (TPSA) is 53.5 Å². The summed E-state index contributed by atoms with van der Waals surface area (Å²) in [6, 6.07) is 10.2. The Bertz CT molecular complexity index is 875. The molecule has 0 N–H and O–H groups in total. The number of carbonyl (C=O) groups is 2. The summed E-state index contributed by atoms with van der Waals surface area (Å²) in [6.45, 7) is 1.05. The van der Waals surface area contributed by atoms with Crippen LogP contribution in [0.15, 0.2) is 42.6 Å². The lowest BCUT2D eigenvalue weighted by molar-refractivity contribution is -0.140. The second-order valence-corrected chi connectivity index (χ2v) is 7.07. The molecule has 5 nitrogen and oxygen atoms in total. The first-order chi connectivity index (χ1) is 13.0. The molecule has 2 aromatic rings. The molecule has 27 heavy (non-hydrogen) atoms. The number of rotatable bonds is 3. The Kier molecular flexibility index (Phi) is 4.59. The molecule has 0 aliphatic carbocycles. The summed E-state index contributed by atoms with van der Waals surface area (Å²) in [6.07, 6.45) is 2.33. The zero-order valence-corrected chi connectivity index (χ0v) is 14.6. The Morgan fingerprint density at radius 3 is 2.67 bits per heavy atom. The number of hydrogen-bond donors (Lipinski definition) is 0. The van der Waals surface area contributed by atoms with Crippen molar-refractivity contribution in [3.8, 4) is 0 Å². The highest BCUT2D eigenvalue weighted by atomic mass is 19.1. The smallest absolute Gasteiger partial charge is 0.275 e. The van der Waals surface area contributed by atoms with E-state index < -0.39 is 23.2 Å².